The molecule has 0 unspecified atom stereocenters. The lowest BCUT2D eigenvalue weighted by Gasteiger charge is -2.23. The lowest BCUT2D eigenvalue weighted by atomic mass is 10.0. The van der Waals surface area contributed by atoms with Gasteiger partial charge in [-0.25, -0.2) is 13.1 Å². The van der Waals surface area contributed by atoms with Gasteiger partial charge < -0.3 is 8.94 Å². The zero-order valence-corrected chi connectivity index (χ0v) is 12.7. The summed E-state index contributed by atoms with van der Waals surface area (Å²) in [4.78, 5) is 0. The lowest BCUT2D eigenvalue weighted by Crippen LogP contribution is -2.42. The molecular formula is C13H18N2O4S. The molecule has 2 aromatic heterocycles. The molecule has 6 nitrogen and oxygen atoms in total. The summed E-state index contributed by atoms with van der Waals surface area (Å²) >= 11 is 0. The van der Waals surface area contributed by atoms with Gasteiger partial charge in [0, 0.05) is 11.6 Å². The van der Waals surface area contributed by atoms with Gasteiger partial charge >= 0.3 is 0 Å². The van der Waals surface area contributed by atoms with E-state index in [1.165, 1.54) is 6.07 Å². The third-order valence-electron chi connectivity index (χ3n) is 3.01. The molecule has 2 aromatic rings. The van der Waals surface area contributed by atoms with E-state index >= 15 is 0 Å². The number of rotatable bonds is 5. The van der Waals surface area contributed by atoms with Crippen molar-refractivity contribution in [3.05, 3.63) is 23.9 Å². The molecule has 0 bridgehead atoms. The van der Waals surface area contributed by atoms with E-state index in [1.807, 2.05) is 20.8 Å². The third-order valence-corrected chi connectivity index (χ3v) is 4.58. The van der Waals surface area contributed by atoms with Crippen molar-refractivity contribution >= 4 is 10.0 Å². The van der Waals surface area contributed by atoms with Crippen LogP contribution in [0.25, 0.3) is 11.5 Å². The Morgan fingerprint density at radius 1 is 1.30 bits per heavy atom. The van der Waals surface area contributed by atoms with Gasteiger partial charge in [-0.05, 0) is 39.3 Å². The zero-order valence-electron chi connectivity index (χ0n) is 11.9. The number of sulfonamides is 1. The second-order valence-electron chi connectivity index (χ2n) is 5.29. The Morgan fingerprint density at radius 2 is 2.00 bits per heavy atom. The molecule has 0 spiro atoms. The fourth-order valence-electron chi connectivity index (χ4n) is 1.56. The van der Waals surface area contributed by atoms with Crippen LogP contribution in [0.5, 0.6) is 0 Å². The zero-order chi connectivity index (χ0) is 15.0. The first-order valence-electron chi connectivity index (χ1n) is 6.31. The standard InChI is InChI=1S/C13H18N2O4S/c1-5-13(3,4)15-20(16,17)12-7-6-10(18-12)11-8-9(2)14-19-11/h6-8,15H,5H2,1-4H3. The summed E-state index contributed by atoms with van der Waals surface area (Å²) in [6, 6.07) is 4.63. The summed E-state index contributed by atoms with van der Waals surface area (Å²) in [5.41, 5.74) is 0.167. The monoisotopic (exact) mass is 298 g/mol. The SMILES string of the molecule is CCC(C)(C)NS(=O)(=O)c1ccc(-c2cc(C)no2)o1. The van der Waals surface area contributed by atoms with E-state index < -0.39 is 15.6 Å². The maximum Gasteiger partial charge on any atom is 0.274 e. The lowest BCUT2D eigenvalue weighted by molar-refractivity contribution is 0.390. The first-order chi connectivity index (χ1) is 9.23. The van der Waals surface area contributed by atoms with Crippen molar-refractivity contribution in [2.45, 2.75) is 44.7 Å². The maximum absolute atomic E-state index is 12.2. The Kier molecular flexibility index (Phi) is 3.75. The molecule has 0 aliphatic carbocycles. The van der Waals surface area contributed by atoms with Crippen LogP contribution < -0.4 is 4.72 Å². The first kappa shape index (κ1) is 14.8. The molecule has 20 heavy (non-hydrogen) atoms. The number of aromatic nitrogens is 1. The number of nitrogens with zero attached hydrogens (tertiary/aromatic N) is 1. The molecule has 2 heterocycles. The van der Waals surface area contributed by atoms with E-state index in [0.717, 1.165) is 0 Å². The van der Waals surface area contributed by atoms with E-state index in [0.29, 0.717) is 23.6 Å². The molecule has 0 saturated carbocycles. The third kappa shape index (κ3) is 3.10. The van der Waals surface area contributed by atoms with Gasteiger partial charge in [0.1, 0.15) is 0 Å². The molecule has 0 saturated heterocycles. The normalized spacial score (nSPS) is 12.8. The van der Waals surface area contributed by atoms with Gasteiger partial charge in [0.15, 0.2) is 5.76 Å². The largest absolute Gasteiger partial charge is 0.440 e. The van der Waals surface area contributed by atoms with E-state index in [9.17, 15) is 8.42 Å². The fourth-order valence-corrected chi connectivity index (χ4v) is 2.98. The molecule has 0 aliphatic heterocycles. The number of aryl methyl sites for hydroxylation is 1. The van der Waals surface area contributed by atoms with Crippen molar-refractivity contribution in [3.63, 3.8) is 0 Å². The molecule has 0 atom stereocenters. The topological polar surface area (TPSA) is 85.3 Å². The van der Waals surface area contributed by atoms with E-state index in [4.69, 9.17) is 8.94 Å². The molecule has 0 fully saturated rings. The number of hydrogen-bond donors (Lipinski definition) is 1. The molecule has 2 rings (SSSR count). The van der Waals surface area contributed by atoms with Crippen LogP contribution in [0.3, 0.4) is 0 Å². The van der Waals surface area contributed by atoms with Crippen LogP contribution in [0.15, 0.2) is 32.2 Å². The van der Waals surface area contributed by atoms with Gasteiger partial charge in [-0.15, -0.1) is 0 Å². The van der Waals surface area contributed by atoms with Crippen LogP contribution in [-0.2, 0) is 10.0 Å². The summed E-state index contributed by atoms with van der Waals surface area (Å²) in [7, 11) is -3.69. The van der Waals surface area contributed by atoms with Crippen LogP contribution in [-0.4, -0.2) is 19.1 Å². The quantitative estimate of drug-likeness (QED) is 0.917. The number of hydrogen-bond acceptors (Lipinski definition) is 5. The minimum absolute atomic E-state index is 0.136. The summed E-state index contributed by atoms with van der Waals surface area (Å²) in [6.45, 7) is 7.31. The average molecular weight is 298 g/mol. The van der Waals surface area contributed by atoms with Gasteiger partial charge in [0.25, 0.3) is 10.0 Å². The number of nitrogens with one attached hydrogen (secondary N) is 1. The second kappa shape index (κ2) is 5.06. The Balaban J connectivity index is 2.28. The summed E-state index contributed by atoms with van der Waals surface area (Å²) in [5, 5.41) is 3.60. The van der Waals surface area contributed by atoms with Gasteiger partial charge in [-0.1, -0.05) is 12.1 Å². The Hall–Kier alpha value is -1.60. The van der Waals surface area contributed by atoms with Gasteiger partial charge in [-0.3, -0.25) is 0 Å². The highest BCUT2D eigenvalue weighted by Gasteiger charge is 2.27. The van der Waals surface area contributed by atoms with E-state index in [1.54, 1.807) is 19.1 Å². The highest BCUT2D eigenvalue weighted by molar-refractivity contribution is 7.89. The minimum atomic E-state index is -3.69. The van der Waals surface area contributed by atoms with Gasteiger partial charge in [-0.2, -0.15) is 0 Å². The second-order valence-corrected chi connectivity index (χ2v) is 6.91. The van der Waals surface area contributed by atoms with Crippen LogP contribution >= 0.6 is 0 Å². The maximum atomic E-state index is 12.2. The fraction of sp³-hybridized carbons (Fsp3) is 0.462. The smallest absolute Gasteiger partial charge is 0.274 e. The Labute approximate surface area is 118 Å². The van der Waals surface area contributed by atoms with Crippen molar-refractivity contribution < 1.29 is 17.4 Å². The van der Waals surface area contributed by atoms with Crippen molar-refractivity contribution in [2.24, 2.45) is 0 Å². The summed E-state index contributed by atoms with van der Waals surface area (Å²) in [6.07, 6.45) is 0.668. The number of furan rings is 1. The Morgan fingerprint density at radius 3 is 2.55 bits per heavy atom. The van der Waals surface area contributed by atoms with Crippen LogP contribution in [0, 0.1) is 6.92 Å². The average Bonchev–Trinajstić information content (AvgIpc) is 2.96. The molecule has 0 aliphatic rings. The van der Waals surface area contributed by atoms with Crippen LogP contribution in [0.4, 0.5) is 0 Å². The van der Waals surface area contributed by atoms with Gasteiger partial charge in [0.2, 0.25) is 10.9 Å². The van der Waals surface area contributed by atoms with E-state index in [-0.39, 0.29) is 5.09 Å². The van der Waals surface area contributed by atoms with Crippen molar-refractivity contribution in [1.29, 1.82) is 0 Å². The molecule has 1 N–H and O–H groups in total. The van der Waals surface area contributed by atoms with Crippen molar-refractivity contribution in [1.82, 2.24) is 9.88 Å². The first-order valence-corrected chi connectivity index (χ1v) is 7.79. The van der Waals surface area contributed by atoms with E-state index in [2.05, 4.69) is 9.88 Å². The predicted octanol–water partition coefficient (Wildman–Crippen LogP) is 2.71. The van der Waals surface area contributed by atoms with Gasteiger partial charge in [0.05, 0.1) is 5.69 Å². The van der Waals surface area contributed by atoms with Crippen LogP contribution in [0.2, 0.25) is 0 Å². The highest BCUT2D eigenvalue weighted by atomic mass is 32.2. The molecule has 0 radical (unpaired) electrons. The molecular weight excluding hydrogens is 280 g/mol. The molecule has 110 valence electrons. The van der Waals surface area contributed by atoms with Crippen molar-refractivity contribution in [2.75, 3.05) is 0 Å². The molecule has 0 amide bonds. The van der Waals surface area contributed by atoms with Crippen LogP contribution in [0.1, 0.15) is 32.9 Å². The Bertz CT molecular complexity index is 698. The van der Waals surface area contributed by atoms with Crippen molar-refractivity contribution in [3.8, 4) is 11.5 Å². The summed E-state index contributed by atoms with van der Waals surface area (Å²) < 4.78 is 37.4. The predicted molar refractivity (Wildman–Crippen MR) is 73.6 cm³/mol. The molecule has 7 heteroatoms. The molecule has 0 aromatic carbocycles. The summed E-state index contributed by atoms with van der Waals surface area (Å²) in [5.74, 6) is 0.735. The minimum Gasteiger partial charge on any atom is -0.440 e. The highest BCUT2D eigenvalue weighted by Crippen LogP contribution is 2.25.